The molecular weight excluding hydrogens is 481 g/mol. The first-order valence-electron chi connectivity index (χ1n) is 10.2. The average molecular weight is 517 g/mol. The van der Waals surface area contributed by atoms with Gasteiger partial charge in [-0.25, -0.2) is 4.99 Å². The number of carbonyl (C=O) groups excluding carboxylic acids is 2. The number of benzene rings is 1. The molecule has 7 nitrogen and oxygen atoms in total. The van der Waals surface area contributed by atoms with Gasteiger partial charge in [-0.3, -0.25) is 9.59 Å². The van der Waals surface area contributed by atoms with Crippen LogP contribution in [0.4, 0.5) is 0 Å². The number of halogens is 1. The molecule has 8 heteroatoms. The molecule has 0 saturated carbocycles. The van der Waals surface area contributed by atoms with Gasteiger partial charge in [0.2, 0.25) is 5.91 Å². The molecule has 29 heavy (non-hydrogen) atoms. The molecule has 0 bridgehead atoms. The van der Waals surface area contributed by atoms with Gasteiger partial charge in [-0.1, -0.05) is 44.7 Å². The van der Waals surface area contributed by atoms with E-state index in [9.17, 15) is 9.59 Å². The van der Waals surface area contributed by atoms with E-state index in [0.717, 1.165) is 24.5 Å². The van der Waals surface area contributed by atoms with Gasteiger partial charge in [0, 0.05) is 18.2 Å². The second-order valence-electron chi connectivity index (χ2n) is 6.94. The highest BCUT2D eigenvalue weighted by atomic mass is 127. The predicted octanol–water partition coefficient (Wildman–Crippen LogP) is 2.93. The highest BCUT2D eigenvalue weighted by Gasteiger charge is 2.07. The molecule has 0 fully saturated rings. The highest BCUT2D eigenvalue weighted by Crippen LogP contribution is 2.07. The molecule has 0 aromatic heterocycles. The lowest BCUT2D eigenvalue weighted by Crippen LogP contribution is -2.42. The molecule has 0 spiro atoms. The van der Waals surface area contributed by atoms with Crippen molar-refractivity contribution in [2.75, 3.05) is 13.1 Å². The molecular formula is C21H36IN5O2. The van der Waals surface area contributed by atoms with E-state index in [2.05, 4.69) is 34.8 Å². The number of hydrogen-bond acceptors (Lipinski definition) is 3. The number of nitrogens with zero attached hydrogens (tertiary/aromatic N) is 1. The van der Waals surface area contributed by atoms with E-state index in [0.29, 0.717) is 18.2 Å². The van der Waals surface area contributed by atoms with Gasteiger partial charge in [-0.2, -0.15) is 0 Å². The monoisotopic (exact) mass is 517 g/mol. The Balaban J connectivity index is 0.00000784. The number of nitrogens with two attached hydrogens (primary N) is 1. The minimum absolute atomic E-state index is 0. The van der Waals surface area contributed by atoms with Crippen LogP contribution in [-0.4, -0.2) is 36.9 Å². The number of guanidine groups is 1. The van der Waals surface area contributed by atoms with E-state index in [1.54, 1.807) is 12.1 Å². The Kier molecular flexibility index (Phi) is 15.0. The van der Waals surface area contributed by atoms with Gasteiger partial charge in [0.25, 0.3) is 5.91 Å². The Labute approximate surface area is 191 Å². The van der Waals surface area contributed by atoms with Crippen LogP contribution in [0.5, 0.6) is 0 Å². The van der Waals surface area contributed by atoms with Crippen LogP contribution in [0.3, 0.4) is 0 Å². The predicted molar refractivity (Wildman–Crippen MR) is 130 cm³/mol. The third kappa shape index (κ3) is 12.4. The van der Waals surface area contributed by atoms with Crippen LogP contribution in [0, 0.1) is 0 Å². The van der Waals surface area contributed by atoms with Crippen molar-refractivity contribution in [3.05, 3.63) is 35.4 Å². The quantitative estimate of drug-likeness (QED) is 0.148. The zero-order valence-electron chi connectivity index (χ0n) is 17.8. The van der Waals surface area contributed by atoms with Gasteiger partial charge in [0.1, 0.15) is 0 Å². The van der Waals surface area contributed by atoms with E-state index in [4.69, 9.17) is 5.73 Å². The van der Waals surface area contributed by atoms with Crippen LogP contribution in [0.1, 0.15) is 68.8 Å². The minimum Gasteiger partial charge on any atom is -0.368 e. The number of carbonyl (C=O) groups is 2. The van der Waals surface area contributed by atoms with Crippen LogP contribution < -0.4 is 21.7 Å². The molecule has 0 radical (unpaired) electrons. The molecule has 2 amide bonds. The van der Waals surface area contributed by atoms with Gasteiger partial charge in [0.05, 0.1) is 13.1 Å². The maximum absolute atomic E-state index is 11.9. The Morgan fingerprint density at radius 3 is 2.34 bits per heavy atom. The summed E-state index contributed by atoms with van der Waals surface area (Å²) in [5, 5.41) is 9.20. The van der Waals surface area contributed by atoms with Gasteiger partial charge in [-0.05, 0) is 38.0 Å². The Morgan fingerprint density at radius 1 is 1.07 bits per heavy atom. The van der Waals surface area contributed by atoms with Crippen LogP contribution in [0.25, 0.3) is 0 Å². The van der Waals surface area contributed by atoms with E-state index >= 15 is 0 Å². The molecule has 164 valence electrons. The zero-order chi connectivity index (χ0) is 20.8. The van der Waals surface area contributed by atoms with Crippen molar-refractivity contribution < 1.29 is 9.59 Å². The summed E-state index contributed by atoms with van der Waals surface area (Å²) in [7, 11) is 0. The Morgan fingerprint density at radius 2 is 1.76 bits per heavy atom. The molecule has 0 aliphatic carbocycles. The standard InChI is InChI=1S/C21H35N5O2.HI/c1-4-6-7-8-9-16(3)26-21(23-5-2)25-14-17-10-12-18(13-11-17)20(28)24-15-19(22)27;/h10-13,16H,4-9,14-15H2,1-3H3,(H2,22,27)(H,24,28)(H2,23,25,26);1H. The van der Waals surface area contributed by atoms with Crippen molar-refractivity contribution in [3.63, 3.8) is 0 Å². The van der Waals surface area contributed by atoms with E-state index in [1.165, 1.54) is 25.7 Å². The number of unbranched alkanes of at least 4 members (excludes halogenated alkanes) is 3. The summed E-state index contributed by atoms with van der Waals surface area (Å²) >= 11 is 0. The van der Waals surface area contributed by atoms with Gasteiger partial charge in [-0.15, -0.1) is 24.0 Å². The van der Waals surface area contributed by atoms with Crippen LogP contribution in [0.2, 0.25) is 0 Å². The topological polar surface area (TPSA) is 109 Å². The third-order valence-electron chi connectivity index (χ3n) is 4.28. The molecule has 1 rings (SSSR count). The van der Waals surface area contributed by atoms with Gasteiger partial charge >= 0.3 is 0 Å². The average Bonchev–Trinajstić information content (AvgIpc) is 2.68. The fraction of sp³-hybridized carbons (Fsp3) is 0.571. The second-order valence-corrected chi connectivity index (χ2v) is 6.94. The number of hydrogen-bond donors (Lipinski definition) is 4. The Hall–Kier alpha value is -1.84. The van der Waals surface area contributed by atoms with Crippen molar-refractivity contribution in [2.45, 2.75) is 65.5 Å². The molecule has 1 unspecified atom stereocenters. The zero-order valence-corrected chi connectivity index (χ0v) is 20.1. The van der Waals surface area contributed by atoms with Crippen LogP contribution in [0.15, 0.2) is 29.3 Å². The summed E-state index contributed by atoms with van der Waals surface area (Å²) in [6.07, 6.45) is 6.16. The normalized spacial score (nSPS) is 11.9. The van der Waals surface area contributed by atoms with Crippen molar-refractivity contribution in [1.82, 2.24) is 16.0 Å². The van der Waals surface area contributed by atoms with E-state index in [1.807, 2.05) is 19.1 Å². The number of nitrogens with one attached hydrogen (secondary N) is 3. The van der Waals surface area contributed by atoms with Crippen molar-refractivity contribution in [1.29, 1.82) is 0 Å². The first kappa shape index (κ1) is 27.2. The minimum atomic E-state index is -0.567. The number of rotatable bonds is 12. The molecule has 1 aromatic carbocycles. The molecule has 0 aliphatic rings. The summed E-state index contributed by atoms with van der Waals surface area (Å²) in [5.74, 6) is -0.0862. The molecule has 1 aromatic rings. The number of primary amides is 1. The SMILES string of the molecule is CCCCCCC(C)NC(=NCc1ccc(C(=O)NCC(N)=O)cc1)NCC.I. The highest BCUT2D eigenvalue weighted by molar-refractivity contribution is 14.0. The van der Waals surface area contributed by atoms with Gasteiger partial charge in [0.15, 0.2) is 5.96 Å². The summed E-state index contributed by atoms with van der Waals surface area (Å²) in [6.45, 7) is 7.59. The smallest absolute Gasteiger partial charge is 0.251 e. The number of amides is 2. The molecule has 0 heterocycles. The largest absolute Gasteiger partial charge is 0.368 e. The summed E-state index contributed by atoms with van der Waals surface area (Å²) < 4.78 is 0. The van der Waals surface area contributed by atoms with Crippen molar-refractivity contribution >= 4 is 41.8 Å². The number of aliphatic imine (C=N–C) groups is 1. The fourth-order valence-electron chi connectivity index (χ4n) is 2.70. The van der Waals surface area contributed by atoms with Crippen LogP contribution >= 0.6 is 24.0 Å². The van der Waals surface area contributed by atoms with Crippen LogP contribution in [-0.2, 0) is 11.3 Å². The maximum Gasteiger partial charge on any atom is 0.251 e. The van der Waals surface area contributed by atoms with E-state index in [-0.39, 0.29) is 36.4 Å². The fourth-order valence-corrected chi connectivity index (χ4v) is 2.70. The first-order chi connectivity index (χ1) is 13.5. The summed E-state index contributed by atoms with van der Waals surface area (Å²) in [4.78, 5) is 27.3. The lowest BCUT2D eigenvalue weighted by atomic mass is 10.1. The third-order valence-corrected chi connectivity index (χ3v) is 4.28. The molecule has 5 N–H and O–H groups in total. The van der Waals surface area contributed by atoms with Crippen molar-refractivity contribution in [3.8, 4) is 0 Å². The van der Waals surface area contributed by atoms with Gasteiger partial charge < -0.3 is 21.7 Å². The lowest BCUT2D eigenvalue weighted by molar-refractivity contribution is -0.117. The summed E-state index contributed by atoms with van der Waals surface area (Å²) in [5.41, 5.74) is 6.51. The molecule has 0 aliphatic heterocycles. The Bertz CT molecular complexity index is 634. The second kappa shape index (κ2) is 16.0. The molecule has 0 saturated heterocycles. The molecule has 1 atom stereocenters. The van der Waals surface area contributed by atoms with Crippen molar-refractivity contribution in [2.24, 2.45) is 10.7 Å². The summed E-state index contributed by atoms with van der Waals surface area (Å²) in [6, 6.07) is 7.53. The first-order valence-corrected chi connectivity index (χ1v) is 10.2. The lowest BCUT2D eigenvalue weighted by Gasteiger charge is -2.17. The van der Waals surface area contributed by atoms with E-state index < -0.39 is 5.91 Å². The maximum atomic E-state index is 11.9.